The van der Waals surface area contributed by atoms with Crippen molar-refractivity contribution in [1.29, 1.82) is 0 Å². The molecule has 0 aliphatic rings. The van der Waals surface area contributed by atoms with Gasteiger partial charge < -0.3 is 5.73 Å². The van der Waals surface area contributed by atoms with Crippen molar-refractivity contribution in [1.82, 2.24) is 9.03 Å². The minimum absolute atomic E-state index is 0.117. The zero-order valence-corrected chi connectivity index (χ0v) is 11.7. The molecule has 3 N–H and O–H groups in total. The van der Waals surface area contributed by atoms with Crippen LogP contribution in [0.25, 0.3) is 0 Å². The molecule has 0 aliphatic heterocycles. The predicted octanol–water partition coefficient (Wildman–Crippen LogP) is 0.475. The van der Waals surface area contributed by atoms with Gasteiger partial charge in [0.1, 0.15) is 0 Å². The number of nitrogens with zero attached hydrogens (tertiary/aromatic N) is 1. The number of thiocarbonyl (C=S) groups is 1. The SMILES string of the molecule is CCCNS(=O)(=O)N(CC)CC(C)C(N)=S. The van der Waals surface area contributed by atoms with Crippen molar-refractivity contribution in [2.24, 2.45) is 11.7 Å². The minimum atomic E-state index is -3.40. The van der Waals surface area contributed by atoms with Gasteiger partial charge in [-0.1, -0.05) is 33.0 Å². The summed E-state index contributed by atoms with van der Waals surface area (Å²) in [5, 5.41) is 0. The van der Waals surface area contributed by atoms with Gasteiger partial charge in [0.15, 0.2) is 0 Å². The van der Waals surface area contributed by atoms with Gasteiger partial charge in [-0.2, -0.15) is 12.7 Å². The third kappa shape index (κ3) is 5.20. The Morgan fingerprint density at radius 3 is 2.44 bits per heavy atom. The molecule has 96 valence electrons. The summed E-state index contributed by atoms with van der Waals surface area (Å²) in [4.78, 5) is 0.337. The van der Waals surface area contributed by atoms with Crippen LogP contribution in [-0.4, -0.2) is 37.3 Å². The lowest BCUT2D eigenvalue weighted by Crippen LogP contribution is -2.44. The van der Waals surface area contributed by atoms with Crippen molar-refractivity contribution in [3.8, 4) is 0 Å². The first-order chi connectivity index (χ1) is 7.35. The maximum Gasteiger partial charge on any atom is 0.279 e. The molecule has 7 heteroatoms. The van der Waals surface area contributed by atoms with E-state index in [-0.39, 0.29) is 5.92 Å². The largest absolute Gasteiger partial charge is 0.393 e. The van der Waals surface area contributed by atoms with E-state index in [1.165, 1.54) is 4.31 Å². The highest BCUT2D eigenvalue weighted by atomic mass is 32.2. The fourth-order valence-corrected chi connectivity index (χ4v) is 2.59. The molecule has 16 heavy (non-hydrogen) atoms. The average molecular weight is 267 g/mol. The van der Waals surface area contributed by atoms with Gasteiger partial charge in [0, 0.05) is 25.6 Å². The number of hydrogen-bond acceptors (Lipinski definition) is 3. The van der Waals surface area contributed by atoms with Crippen LogP contribution >= 0.6 is 12.2 Å². The quantitative estimate of drug-likeness (QED) is 0.627. The maximum absolute atomic E-state index is 11.8. The molecule has 0 fully saturated rings. The van der Waals surface area contributed by atoms with Crippen LogP contribution in [0.15, 0.2) is 0 Å². The van der Waals surface area contributed by atoms with Crippen molar-refractivity contribution < 1.29 is 8.42 Å². The Balaban J connectivity index is 4.54. The Labute approximate surface area is 104 Å². The molecule has 1 unspecified atom stereocenters. The van der Waals surface area contributed by atoms with Crippen LogP contribution in [0.3, 0.4) is 0 Å². The van der Waals surface area contributed by atoms with Gasteiger partial charge in [0.25, 0.3) is 10.2 Å². The second-order valence-electron chi connectivity index (χ2n) is 3.65. The Bertz CT molecular complexity index is 317. The van der Waals surface area contributed by atoms with Gasteiger partial charge in [0.2, 0.25) is 0 Å². The smallest absolute Gasteiger partial charge is 0.279 e. The van der Waals surface area contributed by atoms with Crippen LogP contribution in [0.5, 0.6) is 0 Å². The topological polar surface area (TPSA) is 75.4 Å². The second kappa shape index (κ2) is 7.16. The number of nitrogens with one attached hydrogen (secondary N) is 1. The first-order valence-electron chi connectivity index (χ1n) is 5.39. The molecule has 0 aromatic heterocycles. The molecule has 0 radical (unpaired) electrons. The van der Waals surface area contributed by atoms with Crippen LogP contribution in [0, 0.1) is 5.92 Å². The van der Waals surface area contributed by atoms with E-state index in [2.05, 4.69) is 4.72 Å². The summed E-state index contributed by atoms with van der Waals surface area (Å²) in [5.74, 6) is -0.117. The fourth-order valence-electron chi connectivity index (χ4n) is 1.11. The fraction of sp³-hybridized carbons (Fsp3) is 0.889. The van der Waals surface area contributed by atoms with Crippen LogP contribution in [0.2, 0.25) is 0 Å². The molecular formula is C9H21N3O2S2. The molecule has 0 aromatic rings. The Hall–Kier alpha value is -0.240. The zero-order valence-electron chi connectivity index (χ0n) is 10.1. The van der Waals surface area contributed by atoms with Gasteiger partial charge in [-0.3, -0.25) is 0 Å². The first kappa shape index (κ1) is 15.8. The lowest BCUT2D eigenvalue weighted by molar-refractivity contribution is 0.398. The summed E-state index contributed by atoms with van der Waals surface area (Å²) in [6.07, 6.45) is 0.766. The van der Waals surface area contributed by atoms with Crippen molar-refractivity contribution in [3.05, 3.63) is 0 Å². The molecule has 0 saturated carbocycles. The molecule has 1 atom stereocenters. The maximum atomic E-state index is 11.8. The summed E-state index contributed by atoms with van der Waals surface area (Å²) in [5.41, 5.74) is 5.47. The first-order valence-corrected chi connectivity index (χ1v) is 7.24. The summed E-state index contributed by atoms with van der Waals surface area (Å²) in [7, 11) is -3.40. The highest BCUT2D eigenvalue weighted by Gasteiger charge is 2.22. The number of hydrogen-bond donors (Lipinski definition) is 2. The highest BCUT2D eigenvalue weighted by Crippen LogP contribution is 2.05. The molecule has 0 spiro atoms. The van der Waals surface area contributed by atoms with Crippen molar-refractivity contribution in [2.75, 3.05) is 19.6 Å². The summed E-state index contributed by atoms with van der Waals surface area (Å²) < 4.78 is 27.5. The van der Waals surface area contributed by atoms with E-state index in [9.17, 15) is 8.42 Å². The number of nitrogens with two attached hydrogens (primary N) is 1. The molecule has 0 heterocycles. The van der Waals surface area contributed by atoms with Crippen molar-refractivity contribution >= 4 is 27.4 Å². The molecule has 0 amide bonds. The third-order valence-electron chi connectivity index (χ3n) is 2.19. The van der Waals surface area contributed by atoms with Gasteiger partial charge in [-0.15, -0.1) is 0 Å². The third-order valence-corrected chi connectivity index (χ3v) is 4.25. The lowest BCUT2D eigenvalue weighted by atomic mass is 10.2. The van der Waals surface area contributed by atoms with Crippen LogP contribution in [0.1, 0.15) is 27.2 Å². The molecule has 0 bridgehead atoms. The highest BCUT2D eigenvalue weighted by molar-refractivity contribution is 7.87. The predicted molar refractivity (Wildman–Crippen MR) is 70.4 cm³/mol. The monoisotopic (exact) mass is 267 g/mol. The van der Waals surface area contributed by atoms with E-state index in [0.717, 1.165) is 6.42 Å². The van der Waals surface area contributed by atoms with Gasteiger partial charge >= 0.3 is 0 Å². The average Bonchev–Trinajstić information content (AvgIpc) is 2.22. The minimum Gasteiger partial charge on any atom is -0.393 e. The molecule has 5 nitrogen and oxygen atoms in total. The summed E-state index contributed by atoms with van der Waals surface area (Å²) >= 11 is 4.83. The Kier molecular flexibility index (Phi) is 7.05. The number of rotatable bonds is 8. The Morgan fingerprint density at radius 2 is 2.06 bits per heavy atom. The summed E-state index contributed by atoms with van der Waals surface area (Å²) in [6.45, 7) is 6.70. The van der Waals surface area contributed by atoms with Gasteiger partial charge in [-0.25, -0.2) is 4.72 Å². The van der Waals surface area contributed by atoms with E-state index in [1.807, 2.05) is 13.8 Å². The van der Waals surface area contributed by atoms with Crippen LogP contribution in [-0.2, 0) is 10.2 Å². The lowest BCUT2D eigenvalue weighted by Gasteiger charge is -2.23. The van der Waals surface area contributed by atoms with E-state index < -0.39 is 10.2 Å². The normalized spacial score (nSPS) is 14.0. The molecular weight excluding hydrogens is 246 g/mol. The van der Waals surface area contributed by atoms with Crippen molar-refractivity contribution in [3.63, 3.8) is 0 Å². The molecule has 0 aromatic carbocycles. The van der Waals surface area contributed by atoms with E-state index in [0.29, 0.717) is 24.6 Å². The van der Waals surface area contributed by atoms with Crippen LogP contribution in [0.4, 0.5) is 0 Å². The van der Waals surface area contributed by atoms with Crippen LogP contribution < -0.4 is 10.5 Å². The van der Waals surface area contributed by atoms with E-state index in [4.69, 9.17) is 18.0 Å². The van der Waals surface area contributed by atoms with Crippen molar-refractivity contribution in [2.45, 2.75) is 27.2 Å². The van der Waals surface area contributed by atoms with Gasteiger partial charge in [-0.05, 0) is 6.42 Å². The standard InChI is InChI=1S/C9H21N3O2S2/c1-4-6-11-16(13,14)12(5-2)7-8(3)9(10)15/h8,11H,4-7H2,1-3H3,(H2,10,15). The second-order valence-corrected chi connectivity index (χ2v) is 5.88. The van der Waals surface area contributed by atoms with Gasteiger partial charge in [0.05, 0.1) is 4.99 Å². The molecule has 0 saturated heterocycles. The van der Waals surface area contributed by atoms with E-state index >= 15 is 0 Å². The summed E-state index contributed by atoms with van der Waals surface area (Å²) in [6, 6.07) is 0. The zero-order chi connectivity index (χ0) is 12.8. The molecule has 0 rings (SSSR count). The van der Waals surface area contributed by atoms with E-state index in [1.54, 1.807) is 6.92 Å². The molecule has 0 aliphatic carbocycles. The Morgan fingerprint density at radius 1 is 1.50 bits per heavy atom.